The van der Waals surface area contributed by atoms with E-state index in [-0.39, 0.29) is 11.9 Å². The fraction of sp³-hybridized carbons (Fsp3) is 0.263. The van der Waals surface area contributed by atoms with Crippen LogP contribution in [0.5, 0.6) is 0 Å². The van der Waals surface area contributed by atoms with Gasteiger partial charge in [-0.2, -0.15) is 11.8 Å². The number of hydrogen-bond donors (Lipinski definition) is 2. The van der Waals surface area contributed by atoms with Gasteiger partial charge in [-0.15, -0.1) is 0 Å². The average molecular weight is 418 g/mol. The van der Waals surface area contributed by atoms with Crippen molar-refractivity contribution in [1.29, 1.82) is 0 Å². The maximum atomic E-state index is 12.5. The van der Waals surface area contributed by atoms with E-state index in [1.807, 2.05) is 48.5 Å². The Morgan fingerprint density at radius 2 is 2.00 bits per heavy atom. The zero-order chi connectivity index (χ0) is 17.6. The molecule has 0 saturated carbocycles. The second-order valence-corrected chi connectivity index (χ2v) is 7.75. The number of hydrogen-bond acceptors (Lipinski definition) is 3. The topological polar surface area (TPSA) is 57.8 Å². The molecule has 3 rings (SSSR count). The first-order valence-electron chi connectivity index (χ1n) is 8.13. The Morgan fingerprint density at radius 1 is 1.24 bits per heavy atom. The van der Waals surface area contributed by atoms with Gasteiger partial charge in [0.1, 0.15) is 5.82 Å². The van der Waals surface area contributed by atoms with Crippen molar-refractivity contribution < 1.29 is 4.79 Å². The predicted molar refractivity (Wildman–Crippen MR) is 108 cm³/mol. The van der Waals surface area contributed by atoms with Crippen molar-refractivity contribution in [3.8, 4) is 0 Å². The number of amides is 1. The molecule has 1 unspecified atom stereocenters. The number of halogens is 1. The normalized spacial score (nSPS) is 12.2. The van der Waals surface area contributed by atoms with Gasteiger partial charge in [-0.25, -0.2) is 4.98 Å². The monoisotopic (exact) mass is 417 g/mol. The number of thioether (sulfide) groups is 1. The molecule has 0 bridgehead atoms. The summed E-state index contributed by atoms with van der Waals surface area (Å²) in [4.78, 5) is 20.5. The maximum Gasteiger partial charge on any atom is 0.225 e. The fourth-order valence-corrected chi connectivity index (χ4v) is 3.42. The number of nitrogens with zero attached hydrogens (tertiary/aromatic N) is 1. The summed E-state index contributed by atoms with van der Waals surface area (Å²) >= 11 is 5.18. The van der Waals surface area contributed by atoms with Crippen LogP contribution in [0.4, 0.5) is 0 Å². The molecule has 4 nitrogen and oxygen atoms in total. The van der Waals surface area contributed by atoms with E-state index in [1.54, 1.807) is 11.8 Å². The minimum atomic E-state index is -0.109. The zero-order valence-electron chi connectivity index (χ0n) is 14.0. The first kappa shape index (κ1) is 18.0. The van der Waals surface area contributed by atoms with Gasteiger partial charge in [0, 0.05) is 4.47 Å². The minimum Gasteiger partial charge on any atom is -0.346 e. The molecule has 1 heterocycles. The number of nitrogens with one attached hydrogen (secondary N) is 2. The lowest BCUT2D eigenvalue weighted by Gasteiger charge is -2.16. The number of carbonyl (C=O) groups is 1. The van der Waals surface area contributed by atoms with Crippen molar-refractivity contribution in [2.45, 2.75) is 18.9 Å². The highest BCUT2D eigenvalue weighted by atomic mass is 79.9. The molecule has 2 N–H and O–H groups in total. The molecule has 6 heteroatoms. The molecule has 0 spiro atoms. The molecule has 1 atom stereocenters. The van der Waals surface area contributed by atoms with E-state index >= 15 is 0 Å². The number of carbonyl (C=O) groups excluding carboxylic acids is 1. The first-order valence-corrected chi connectivity index (χ1v) is 10.3. The van der Waals surface area contributed by atoms with Gasteiger partial charge in [0.2, 0.25) is 5.91 Å². The van der Waals surface area contributed by atoms with E-state index < -0.39 is 0 Å². The highest BCUT2D eigenvalue weighted by Gasteiger charge is 2.18. The Bertz CT molecular complexity index is 814. The van der Waals surface area contributed by atoms with Crippen molar-refractivity contribution >= 4 is 44.6 Å². The van der Waals surface area contributed by atoms with E-state index in [1.165, 1.54) is 0 Å². The Labute approximate surface area is 159 Å². The van der Waals surface area contributed by atoms with Crippen LogP contribution in [-0.4, -0.2) is 27.9 Å². The average Bonchev–Trinajstić information content (AvgIpc) is 3.04. The Balaban J connectivity index is 1.73. The van der Waals surface area contributed by atoms with Crippen LogP contribution in [0.3, 0.4) is 0 Å². The van der Waals surface area contributed by atoms with Gasteiger partial charge in [-0.3, -0.25) is 4.79 Å². The third kappa shape index (κ3) is 4.86. The van der Waals surface area contributed by atoms with Gasteiger partial charge in [0.15, 0.2) is 0 Å². The number of H-pyrrole nitrogens is 1. The molecule has 25 heavy (non-hydrogen) atoms. The first-order chi connectivity index (χ1) is 12.2. The van der Waals surface area contributed by atoms with Crippen LogP contribution in [0.15, 0.2) is 53.0 Å². The number of aromatic nitrogens is 2. The van der Waals surface area contributed by atoms with Crippen molar-refractivity contribution in [2.75, 3.05) is 12.0 Å². The second-order valence-electron chi connectivity index (χ2n) is 5.84. The standard InChI is InChI=1S/C19H20BrN3OS/c1-25-11-10-17(19-22-15-4-2-3-5-16(15)23-19)21-18(24)12-13-6-8-14(20)9-7-13/h2-9,17H,10-12H2,1H3,(H,21,24)(H,22,23). The smallest absolute Gasteiger partial charge is 0.225 e. The molecule has 0 aliphatic carbocycles. The third-order valence-corrected chi connectivity index (χ3v) is 5.13. The van der Waals surface area contributed by atoms with Crippen molar-refractivity contribution in [1.82, 2.24) is 15.3 Å². The SMILES string of the molecule is CSCCC(NC(=O)Cc1ccc(Br)cc1)c1nc2ccccc2[nH]1. The van der Waals surface area contributed by atoms with Crippen LogP contribution in [0.1, 0.15) is 23.9 Å². The van der Waals surface area contributed by atoms with Crippen LogP contribution in [-0.2, 0) is 11.2 Å². The summed E-state index contributed by atoms with van der Waals surface area (Å²) in [6, 6.07) is 15.6. The summed E-state index contributed by atoms with van der Waals surface area (Å²) in [5.41, 5.74) is 2.91. The van der Waals surface area contributed by atoms with Crippen LogP contribution in [0.25, 0.3) is 11.0 Å². The Hall–Kier alpha value is -1.79. The summed E-state index contributed by atoms with van der Waals surface area (Å²) < 4.78 is 1.01. The van der Waals surface area contributed by atoms with Crippen LogP contribution in [0, 0.1) is 0 Å². The number of para-hydroxylation sites is 2. The number of benzene rings is 2. The number of imidazole rings is 1. The van der Waals surface area contributed by atoms with Crippen LogP contribution < -0.4 is 5.32 Å². The van der Waals surface area contributed by atoms with Crippen molar-refractivity contribution in [3.63, 3.8) is 0 Å². The summed E-state index contributed by atoms with van der Waals surface area (Å²) in [6.07, 6.45) is 3.27. The molecule has 0 fully saturated rings. The van der Waals surface area contributed by atoms with E-state index in [4.69, 9.17) is 0 Å². The molecule has 1 amide bonds. The molecule has 1 aromatic heterocycles. The van der Waals surface area contributed by atoms with Crippen molar-refractivity contribution in [3.05, 3.63) is 64.4 Å². The van der Waals surface area contributed by atoms with E-state index in [0.29, 0.717) is 6.42 Å². The van der Waals surface area contributed by atoms with Gasteiger partial charge >= 0.3 is 0 Å². The summed E-state index contributed by atoms with van der Waals surface area (Å²) in [5, 5.41) is 3.13. The fourth-order valence-electron chi connectivity index (χ4n) is 2.68. The highest BCUT2D eigenvalue weighted by Crippen LogP contribution is 2.20. The Kier molecular flexibility index (Phi) is 6.15. The van der Waals surface area contributed by atoms with Gasteiger partial charge in [0.25, 0.3) is 0 Å². The summed E-state index contributed by atoms with van der Waals surface area (Å²) in [6.45, 7) is 0. The molecule has 0 aliphatic heterocycles. The summed E-state index contributed by atoms with van der Waals surface area (Å²) in [7, 11) is 0. The maximum absolute atomic E-state index is 12.5. The van der Waals surface area contributed by atoms with E-state index in [0.717, 1.165) is 39.1 Å². The number of rotatable bonds is 7. The number of aromatic amines is 1. The van der Waals surface area contributed by atoms with Gasteiger partial charge < -0.3 is 10.3 Å². The van der Waals surface area contributed by atoms with Gasteiger partial charge in [-0.1, -0.05) is 40.2 Å². The molecular weight excluding hydrogens is 398 g/mol. The van der Waals surface area contributed by atoms with Crippen LogP contribution in [0.2, 0.25) is 0 Å². The minimum absolute atomic E-state index is 0.00822. The van der Waals surface area contributed by atoms with Gasteiger partial charge in [0.05, 0.1) is 23.5 Å². The largest absolute Gasteiger partial charge is 0.346 e. The molecule has 0 aliphatic rings. The van der Waals surface area contributed by atoms with Crippen LogP contribution >= 0.6 is 27.7 Å². The van der Waals surface area contributed by atoms with E-state index in [2.05, 4.69) is 37.5 Å². The van der Waals surface area contributed by atoms with Gasteiger partial charge in [-0.05, 0) is 48.3 Å². The second kappa shape index (κ2) is 8.54. The van der Waals surface area contributed by atoms with Crippen molar-refractivity contribution in [2.24, 2.45) is 0 Å². The quantitative estimate of drug-likeness (QED) is 0.595. The zero-order valence-corrected chi connectivity index (χ0v) is 16.4. The Morgan fingerprint density at radius 3 is 2.72 bits per heavy atom. The predicted octanol–water partition coefficient (Wildman–Crippen LogP) is 4.48. The number of fused-ring (bicyclic) bond motifs is 1. The molecule has 130 valence electrons. The molecule has 3 aromatic rings. The lowest BCUT2D eigenvalue weighted by atomic mass is 10.1. The summed E-state index contributed by atoms with van der Waals surface area (Å²) in [5.74, 6) is 1.79. The molecule has 2 aromatic carbocycles. The molecule has 0 saturated heterocycles. The molecule has 0 radical (unpaired) electrons. The highest BCUT2D eigenvalue weighted by molar-refractivity contribution is 9.10. The molecular formula is C19H20BrN3OS. The third-order valence-electron chi connectivity index (χ3n) is 3.96. The lowest BCUT2D eigenvalue weighted by molar-refractivity contribution is -0.121. The van der Waals surface area contributed by atoms with E-state index in [9.17, 15) is 4.79 Å². The lowest BCUT2D eigenvalue weighted by Crippen LogP contribution is -2.31.